The van der Waals surface area contributed by atoms with Crippen LogP contribution in [0.25, 0.3) is 0 Å². The van der Waals surface area contributed by atoms with E-state index in [-0.39, 0.29) is 4.90 Å². The summed E-state index contributed by atoms with van der Waals surface area (Å²) in [6.07, 6.45) is 2.59. The van der Waals surface area contributed by atoms with E-state index in [1.165, 1.54) is 12.4 Å². The van der Waals surface area contributed by atoms with E-state index in [4.69, 9.17) is 0 Å². The zero-order chi connectivity index (χ0) is 9.03. The Morgan fingerprint density at radius 2 is 2.42 bits per heavy atom. The van der Waals surface area contributed by atoms with Crippen molar-refractivity contribution in [3.05, 3.63) is 12.4 Å². The largest absolute Gasteiger partial charge is 0.284 e. The molecule has 0 bridgehead atoms. The van der Waals surface area contributed by atoms with E-state index in [9.17, 15) is 8.42 Å². The van der Waals surface area contributed by atoms with Gasteiger partial charge >= 0.3 is 0 Å². The average Bonchev–Trinajstić information content (AvgIpc) is 2.53. The second-order valence-electron chi connectivity index (χ2n) is 2.02. The third-order valence-corrected chi connectivity index (χ3v) is 2.99. The maximum atomic E-state index is 11.3. The van der Waals surface area contributed by atoms with Gasteiger partial charge < -0.3 is 0 Å². The van der Waals surface area contributed by atoms with E-state index in [1.54, 1.807) is 0 Å². The van der Waals surface area contributed by atoms with Crippen molar-refractivity contribution in [2.75, 3.05) is 11.9 Å². The molecule has 1 heterocycles. The zero-order valence-corrected chi connectivity index (χ0v) is 8.52. The number of nitrogens with one attached hydrogen (secondary N) is 2. The van der Waals surface area contributed by atoms with Crippen molar-refractivity contribution in [3.8, 4) is 0 Å². The number of hydrogen-bond acceptors (Lipinski definition) is 3. The van der Waals surface area contributed by atoms with Gasteiger partial charge in [-0.2, -0.15) is 5.10 Å². The van der Waals surface area contributed by atoms with Crippen molar-refractivity contribution in [1.29, 1.82) is 0 Å². The van der Waals surface area contributed by atoms with Crippen LogP contribution in [0, 0.1) is 0 Å². The van der Waals surface area contributed by atoms with E-state index in [2.05, 4.69) is 30.8 Å². The molecule has 68 valence electrons. The molecular formula is C5H8BrN3O2S. The predicted molar refractivity (Wildman–Crippen MR) is 47.6 cm³/mol. The summed E-state index contributed by atoms with van der Waals surface area (Å²) in [6.45, 7) is 0.369. The summed E-state index contributed by atoms with van der Waals surface area (Å²) in [7, 11) is -3.35. The van der Waals surface area contributed by atoms with Crippen LogP contribution >= 0.6 is 15.9 Å². The van der Waals surface area contributed by atoms with Crippen molar-refractivity contribution in [3.63, 3.8) is 0 Å². The van der Waals surface area contributed by atoms with Crippen molar-refractivity contribution in [2.45, 2.75) is 4.90 Å². The molecule has 0 fully saturated rings. The lowest BCUT2D eigenvalue weighted by atomic mass is 10.7. The lowest BCUT2D eigenvalue weighted by Gasteiger charge is -2.00. The molecule has 2 N–H and O–H groups in total. The van der Waals surface area contributed by atoms with Gasteiger partial charge in [0.2, 0.25) is 10.0 Å². The van der Waals surface area contributed by atoms with E-state index in [0.29, 0.717) is 11.9 Å². The monoisotopic (exact) mass is 253 g/mol. The minimum atomic E-state index is -3.35. The Kier molecular flexibility index (Phi) is 3.24. The highest BCUT2D eigenvalue weighted by Gasteiger charge is 2.13. The van der Waals surface area contributed by atoms with Gasteiger partial charge in [-0.15, -0.1) is 0 Å². The molecule has 0 unspecified atom stereocenters. The molecular weight excluding hydrogens is 246 g/mol. The summed E-state index contributed by atoms with van der Waals surface area (Å²) < 4.78 is 24.9. The lowest BCUT2D eigenvalue weighted by Crippen LogP contribution is -2.25. The summed E-state index contributed by atoms with van der Waals surface area (Å²) in [5.41, 5.74) is 0. The van der Waals surface area contributed by atoms with E-state index >= 15 is 0 Å². The van der Waals surface area contributed by atoms with E-state index < -0.39 is 10.0 Å². The highest BCUT2D eigenvalue weighted by Crippen LogP contribution is 2.03. The summed E-state index contributed by atoms with van der Waals surface area (Å²) in [4.78, 5) is 0.156. The fourth-order valence-corrected chi connectivity index (χ4v) is 2.04. The lowest BCUT2D eigenvalue weighted by molar-refractivity contribution is 0.584. The van der Waals surface area contributed by atoms with Gasteiger partial charge in [0.15, 0.2) is 0 Å². The topological polar surface area (TPSA) is 74.8 Å². The van der Waals surface area contributed by atoms with Crippen LogP contribution in [0.4, 0.5) is 0 Å². The molecule has 12 heavy (non-hydrogen) atoms. The number of hydrogen-bond donors (Lipinski definition) is 2. The first kappa shape index (κ1) is 9.69. The molecule has 0 radical (unpaired) electrons. The molecule has 0 spiro atoms. The Balaban J connectivity index is 2.74. The number of aromatic nitrogens is 2. The Morgan fingerprint density at radius 3 is 2.92 bits per heavy atom. The van der Waals surface area contributed by atoms with Gasteiger partial charge in [0.1, 0.15) is 4.90 Å². The van der Waals surface area contributed by atoms with E-state index in [1.807, 2.05) is 0 Å². The summed E-state index contributed by atoms with van der Waals surface area (Å²) in [5.74, 6) is 0. The smallest absolute Gasteiger partial charge is 0.243 e. The molecule has 1 aromatic rings. The summed E-state index contributed by atoms with van der Waals surface area (Å²) in [6, 6.07) is 0. The molecule has 0 aliphatic heterocycles. The number of sulfonamides is 1. The van der Waals surface area contributed by atoms with Gasteiger partial charge in [-0.3, -0.25) is 5.10 Å². The van der Waals surface area contributed by atoms with Gasteiger partial charge in [-0.25, -0.2) is 13.1 Å². The fourth-order valence-electron chi connectivity index (χ4n) is 0.642. The van der Waals surface area contributed by atoms with Crippen LogP contribution in [0.5, 0.6) is 0 Å². The van der Waals surface area contributed by atoms with Crippen LogP contribution in [0.15, 0.2) is 17.3 Å². The van der Waals surface area contributed by atoms with Crippen molar-refractivity contribution in [2.24, 2.45) is 0 Å². The molecule has 0 aromatic carbocycles. The molecule has 0 aliphatic carbocycles. The first-order valence-electron chi connectivity index (χ1n) is 3.21. The third kappa shape index (κ3) is 2.29. The maximum absolute atomic E-state index is 11.3. The highest BCUT2D eigenvalue weighted by atomic mass is 79.9. The van der Waals surface area contributed by atoms with Gasteiger partial charge in [-0.05, 0) is 0 Å². The number of H-pyrrole nitrogens is 1. The third-order valence-electron chi connectivity index (χ3n) is 1.17. The molecule has 0 amide bonds. The van der Waals surface area contributed by atoms with Crippen molar-refractivity contribution < 1.29 is 8.42 Å². The van der Waals surface area contributed by atoms with Crippen molar-refractivity contribution >= 4 is 26.0 Å². The normalized spacial score (nSPS) is 11.8. The first-order valence-corrected chi connectivity index (χ1v) is 5.81. The van der Waals surface area contributed by atoms with Crippen molar-refractivity contribution in [1.82, 2.24) is 14.9 Å². The maximum Gasteiger partial charge on any atom is 0.243 e. The van der Waals surface area contributed by atoms with E-state index in [0.717, 1.165) is 0 Å². The molecule has 5 nitrogen and oxygen atoms in total. The quantitative estimate of drug-likeness (QED) is 0.747. The fraction of sp³-hybridized carbons (Fsp3) is 0.400. The minimum Gasteiger partial charge on any atom is -0.284 e. The molecule has 1 aromatic heterocycles. The Morgan fingerprint density at radius 1 is 1.67 bits per heavy atom. The minimum absolute atomic E-state index is 0.156. The highest BCUT2D eigenvalue weighted by molar-refractivity contribution is 9.09. The Labute approximate surface area is 78.7 Å². The molecule has 0 saturated carbocycles. The van der Waals surface area contributed by atoms with Crippen LogP contribution in [0.2, 0.25) is 0 Å². The van der Waals surface area contributed by atoms with Crippen LogP contribution < -0.4 is 4.72 Å². The second kappa shape index (κ2) is 4.01. The number of aromatic amines is 1. The molecule has 0 saturated heterocycles. The molecule has 0 aliphatic rings. The Bertz CT molecular complexity index is 320. The molecule has 7 heteroatoms. The summed E-state index contributed by atoms with van der Waals surface area (Å²) >= 11 is 3.11. The second-order valence-corrected chi connectivity index (χ2v) is 4.58. The predicted octanol–water partition coefficient (Wildman–Crippen LogP) is 0.0829. The number of nitrogens with zero attached hydrogens (tertiary/aromatic N) is 1. The van der Waals surface area contributed by atoms with Gasteiger partial charge in [-0.1, -0.05) is 15.9 Å². The number of alkyl halides is 1. The number of rotatable bonds is 4. The first-order chi connectivity index (χ1) is 5.67. The average molecular weight is 254 g/mol. The van der Waals surface area contributed by atoms with Gasteiger partial charge in [0.05, 0.1) is 6.20 Å². The number of halogens is 1. The van der Waals surface area contributed by atoms with Crippen LogP contribution in [-0.4, -0.2) is 30.5 Å². The Hall–Kier alpha value is -0.400. The summed E-state index contributed by atoms with van der Waals surface area (Å²) in [5, 5.41) is 6.56. The molecule has 1 rings (SSSR count). The SMILES string of the molecule is O=S(=O)(NCCBr)c1cn[nH]c1. The van der Waals surface area contributed by atoms with Gasteiger partial charge in [0, 0.05) is 18.1 Å². The van der Waals surface area contributed by atoms with Crippen LogP contribution in [-0.2, 0) is 10.0 Å². The zero-order valence-electron chi connectivity index (χ0n) is 6.12. The molecule has 0 atom stereocenters. The van der Waals surface area contributed by atoms with Gasteiger partial charge in [0.25, 0.3) is 0 Å². The van der Waals surface area contributed by atoms with Crippen LogP contribution in [0.3, 0.4) is 0 Å². The standard InChI is InChI=1S/C5H8BrN3O2S/c6-1-2-9-12(10,11)5-3-7-8-4-5/h3-4,9H,1-2H2,(H,7,8). The van der Waals surface area contributed by atoms with Crippen LogP contribution in [0.1, 0.15) is 0 Å².